The lowest BCUT2D eigenvalue weighted by Gasteiger charge is -2.26. The van der Waals surface area contributed by atoms with Crippen LogP contribution in [0.3, 0.4) is 0 Å². The highest BCUT2D eigenvalue weighted by atomic mass is 32.2. The number of hydrogen-bond acceptors (Lipinski definition) is 4. The van der Waals surface area contributed by atoms with Crippen molar-refractivity contribution < 1.29 is 9.47 Å². The summed E-state index contributed by atoms with van der Waals surface area (Å²) in [5, 5.41) is 0. The van der Waals surface area contributed by atoms with Crippen LogP contribution in [0.15, 0.2) is 0 Å². The molecule has 2 saturated heterocycles. The fourth-order valence-corrected chi connectivity index (χ4v) is 3.68. The van der Waals surface area contributed by atoms with E-state index < -0.39 is 0 Å². The van der Waals surface area contributed by atoms with E-state index in [0.717, 1.165) is 18.8 Å². The normalized spacial score (nSPS) is 41.2. The third-order valence-electron chi connectivity index (χ3n) is 3.16. The van der Waals surface area contributed by atoms with Gasteiger partial charge in [-0.05, 0) is 43.7 Å². The molecule has 0 spiro atoms. The smallest absolute Gasteiger partial charge is 0.166 e. The summed E-state index contributed by atoms with van der Waals surface area (Å²) in [6.45, 7) is 3.48. The van der Waals surface area contributed by atoms with Crippen LogP contribution in [0, 0.1) is 5.92 Å². The first kappa shape index (κ1) is 11.7. The molecule has 3 atom stereocenters. The van der Waals surface area contributed by atoms with Crippen molar-refractivity contribution in [3.63, 3.8) is 0 Å². The Kier molecular flexibility index (Phi) is 3.93. The minimum absolute atomic E-state index is 0.217. The molecule has 2 aliphatic rings. The molecule has 0 aromatic heterocycles. The van der Waals surface area contributed by atoms with Crippen LogP contribution in [0.4, 0.5) is 0 Å². The number of nitrogens with two attached hydrogens (primary N) is 1. The summed E-state index contributed by atoms with van der Waals surface area (Å²) in [4.78, 5) is 0. The summed E-state index contributed by atoms with van der Waals surface area (Å²) in [7, 11) is 0. The van der Waals surface area contributed by atoms with Crippen molar-refractivity contribution in [3.05, 3.63) is 0 Å². The molecule has 2 rings (SSSR count). The Morgan fingerprint density at radius 2 is 2.40 bits per heavy atom. The van der Waals surface area contributed by atoms with Crippen LogP contribution in [0.25, 0.3) is 0 Å². The second-order valence-corrected chi connectivity index (χ2v) is 5.85. The summed E-state index contributed by atoms with van der Waals surface area (Å²) in [6, 6.07) is 0. The SMILES string of the molecule is CC1(CC2CCSC2)OCC(CCN)O1. The maximum Gasteiger partial charge on any atom is 0.166 e. The molecule has 15 heavy (non-hydrogen) atoms. The van der Waals surface area contributed by atoms with Crippen LogP contribution in [0.2, 0.25) is 0 Å². The van der Waals surface area contributed by atoms with Gasteiger partial charge >= 0.3 is 0 Å². The largest absolute Gasteiger partial charge is 0.348 e. The Morgan fingerprint density at radius 3 is 3.07 bits per heavy atom. The van der Waals surface area contributed by atoms with Crippen LogP contribution in [-0.4, -0.2) is 36.5 Å². The number of ether oxygens (including phenoxy) is 2. The van der Waals surface area contributed by atoms with E-state index in [1.807, 2.05) is 11.8 Å². The standard InChI is InChI=1S/C11H21NO2S/c1-11(6-9-3-5-15-8-9)13-7-10(14-11)2-4-12/h9-10H,2-8,12H2,1H3. The molecule has 4 heteroatoms. The van der Waals surface area contributed by atoms with Crippen LogP contribution >= 0.6 is 11.8 Å². The average molecular weight is 231 g/mol. The average Bonchev–Trinajstić information content (AvgIpc) is 2.78. The summed E-state index contributed by atoms with van der Waals surface area (Å²) in [5.41, 5.74) is 5.52. The first-order chi connectivity index (χ1) is 7.22. The first-order valence-electron chi connectivity index (χ1n) is 5.81. The van der Waals surface area contributed by atoms with Crippen molar-refractivity contribution in [1.82, 2.24) is 0 Å². The van der Waals surface area contributed by atoms with Crippen LogP contribution in [-0.2, 0) is 9.47 Å². The highest BCUT2D eigenvalue weighted by Gasteiger charge is 2.39. The van der Waals surface area contributed by atoms with Gasteiger partial charge in [0.2, 0.25) is 0 Å². The fraction of sp³-hybridized carbons (Fsp3) is 1.00. The maximum absolute atomic E-state index is 5.94. The van der Waals surface area contributed by atoms with Gasteiger partial charge in [-0.3, -0.25) is 0 Å². The molecule has 0 aromatic carbocycles. The van der Waals surface area contributed by atoms with Crippen LogP contribution in [0.5, 0.6) is 0 Å². The predicted molar refractivity (Wildman–Crippen MR) is 63.0 cm³/mol. The van der Waals surface area contributed by atoms with Gasteiger partial charge in [-0.2, -0.15) is 11.8 Å². The third kappa shape index (κ3) is 3.09. The lowest BCUT2D eigenvalue weighted by Crippen LogP contribution is -2.30. The second-order valence-electron chi connectivity index (χ2n) is 4.70. The molecular weight excluding hydrogens is 210 g/mol. The quantitative estimate of drug-likeness (QED) is 0.798. The minimum atomic E-state index is -0.338. The van der Waals surface area contributed by atoms with Crippen molar-refractivity contribution in [3.8, 4) is 0 Å². The molecule has 2 aliphatic heterocycles. The number of thioether (sulfide) groups is 1. The molecule has 2 N–H and O–H groups in total. The fourth-order valence-electron chi connectivity index (χ4n) is 2.39. The Bertz CT molecular complexity index is 209. The molecular formula is C11H21NO2S. The predicted octanol–water partition coefficient (Wildman–Crippen LogP) is 1.61. The van der Waals surface area contributed by atoms with Crippen LogP contribution < -0.4 is 5.73 Å². The van der Waals surface area contributed by atoms with Crippen LogP contribution in [0.1, 0.15) is 26.2 Å². The molecule has 0 amide bonds. The van der Waals surface area contributed by atoms with Gasteiger partial charge < -0.3 is 15.2 Å². The molecule has 2 fully saturated rings. The molecule has 3 nitrogen and oxygen atoms in total. The van der Waals surface area contributed by atoms with E-state index in [0.29, 0.717) is 13.2 Å². The van der Waals surface area contributed by atoms with Crippen molar-refractivity contribution in [2.75, 3.05) is 24.7 Å². The molecule has 0 saturated carbocycles. The molecule has 2 heterocycles. The Labute approximate surface area is 96.1 Å². The zero-order chi connectivity index (χ0) is 10.7. The maximum atomic E-state index is 5.94. The molecule has 0 radical (unpaired) electrons. The molecule has 0 aromatic rings. The van der Waals surface area contributed by atoms with E-state index >= 15 is 0 Å². The van der Waals surface area contributed by atoms with Crippen molar-refractivity contribution >= 4 is 11.8 Å². The Morgan fingerprint density at radius 1 is 1.53 bits per heavy atom. The summed E-state index contributed by atoms with van der Waals surface area (Å²) in [5.74, 6) is 3.00. The second kappa shape index (κ2) is 5.04. The summed E-state index contributed by atoms with van der Waals surface area (Å²) < 4.78 is 11.7. The van der Waals surface area contributed by atoms with E-state index in [9.17, 15) is 0 Å². The van der Waals surface area contributed by atoms with E-state index in [4.69, 9.17) is 15.2 Å². The molecule has 88 valence electrons. The topological polar surface area (TPSA) is 44.5 Å². The highest BCUT2D eigenvalue weighted by Crippen LogP contribution is 2.36. The lowest BCUT2D eigenvalue weighted by molar-refractivity contribution is -0.165. The molecule has 3 unspecified atom stereocenters. The van der Waals surface area contributed by atoms with E-state index in [-0.39, 0.29) is 11.9 Å². The van der Waals surface area contributed by atoms with E-state index in [1.165, 1.54) is 17.9 Å². The zero-order valence-corrected chi connectivity index (χ0v) is 10.2. The third-order valence-corrected chi connectivity index (χ3v) is 4.39. The Balaban J connectivity index is 1.80. The number of rotatable bonds is 4. The van der Waals surface area contributed by atoms with E-state index in [2.05, 4.69) is 6.92 Å². The van der Waals surface area contributed by atoms with Gasteiger partial charge in [0.05, 0.1) is 12.7 Å². The van der Waals surface area contributed by atoms with Gasteiger partial charge in [-0.1, -0.05) is 0 Å². The lowest BCUT2D eigenvalue weighted by atomic mass is 9.99. The van der Waals surface area contributed by atoms with Gasteiger partial charge in [-0.15, -0.1) is 0 Å². The van der Waals surface area contributed by atoms with Gasteiger partial charge in [0.15, 0.2) is 5.79 Å². The van der Waals surface area contributed by atoms with Crippen molar-refractivity contribution in [2.24, 2.45) is 11.7 Å². The van der Waals surface area contributed by atoms with Crippen molar-refractivity contribution in [1.29, 1.82) is 0 Å². The minimum Gasteiger partial charge on any atom is -0.348 e. The Hall–Kier alpha value is 0.230. The number of hydrogen-bond donors (Lipinski definition) is 1. The monoisotopic (exact) mass is 231 g/mol. The van der Waals surface area contributed by atoms with Gasteiger partial charge in [-0.25, -0.2) is 0 Å². The molecule has 0 bridgehead atoms. The molecule has 0 aliphatic carbocycles. The van der Waals surface area contributed by atoms with E-state index in [1.54, 1.807) is 0 Å². The highest BCUT2D eigenvalue weighted by molar-refractivity contribution is 7.99. The zero-order valence-electron chi connectivity index (χ0n) is 9.41. The van der Waals surface area contributed by atoms with Gasteiger partial charge in [0, 0.05) is 6.42 Å². The van der Waals surface area contributed by atoms with Gasteiger partial charge in [0.25, 0.3) is 0 Å². The van der Waals surface area contributed by atoms with Crippen molar-refractivity contribution in [2.45, 2.75) is 38.1 Å². The summed E-state index contributed by atoms with van der Waals surface area (Å²) >= 11 is 2.04. The van der Waals surface area contributed by atoms with Gasteiger partial charge in [0.1, 0.15) is 0 Å². The summed E-state index contributed by atoms with van der Waals surface area (Å²) in [6.07, 6.45) is 3.49. The first-order valence-corrected chi connectivity index (χ1v) is 6.97.